The molecule has 2 fully saturated rings. The molecule has 2 heterocycles. The average molecular weight is 475 g/mol. The predicted molar refractivity (Wildman–Crippen MR) is 107 cm³/mol. The quantitative estimate of drug-likeness (QED) is 0.640. The summed E-state index contributed by atoms with van der Waals surface area (Å²) >= 11 is 5.90. The van der Waals surface area contributed by atoms with Gasteiger partial charge in [-0.3, -0.25) is 9.53 Å². The summed E-state index contributed by atoms with van der Waals surface area (Å²) in [6, 6.07) is 8.91. The second-order valence-electron chi connectivity index (χ2n) is 7.88. The topological polar surface area (TPSA) is 82.8 Å². The summed E-state index contributed by atoms with van der Waals surface area (Å²) in [4.78, 5) is 12.1. The molecule has 0 unspecified atom stereocenters. The molecule has 2 atom stereocenters. The second kappa shape index (κ2) is 9.78. The maximum Gasteiger partial charge on any atom is 0.522 e. The van der Waals surface area contributed by atoms with Crippen LogP contribution in [0.5, 0.6) is 0 Å². The van der Waals surface area contributed by atoms with Crippen molar-refractivity contribution >= 4 is 17.5 Å². The van der Waals surface area contributed by atoms with E-state index >= 15 is 0 Å². The van der Waals surface area contributed by atoms with E-state index in [0.717, 1.165) is 5.56 Å². The third-order valence-corrected chi connectivity index (χ3v) is 5.68. The Kier molecular flexibility index (Phi) is 7.04. The Morgan fingerprint density at radius 3 is 2.59 bits per heavy atom. The molecule has 4 rings (SSSR count). The van der Waals surface area contributed by atoms with E-state index in [9.17, 15) is 18.0 Å². The molecule has 0 bridgehead atoms. The molecule has 1 aromatic heterocycles. The van der Waals surface area contributed by atoms with Gasteiger partial charge in [-0.25, -0.2) is 0 Å². The van der Waals surface area contributed by atoms with E-state index in [1.807, 2.05) is 18.2 Å². The number of carbonyl (C=O) groups is 1. The lowest BCUT2D eigenvalue weighted by Crippen LogP contribution is -2.45. The lowest BCUT2D eigenvalue weighted by atomic mass is 9.92. The highest BCUT2D eigenvalue weighted by molar-refractivity contribution is 6.30. The summed E-state index contributed by atoms with van der Waals surface area (Å²) in [5.74, 6) is 0.283. The van der Waals surface area contributed by atoms with Crippen LogP contribution in [0.25, 0.3) is 11.3 Å². The molecule has 0 spiro atoms. The largest absolute Gasteiger partial charge is 0.522 e. The van der Waals surface area contributed by atoms with E-state index in [2.05, 4.69) is 15.2 Å². The van der Waals surface area contributed by atoms with E-state index in [-0.39, 0.29) is 37.5 Å². The number of carbonyl (C=O) groups excluding carboxylic acids is 1. The number of halogens is 4. The van der Waals surface area contributed by atoms with Crippen molar-refractivity contribution in [1.29, 1.82) is 0 Å². The van der Waals surface area contributed by atoms with Crippen LogP contribution in [0.4, 0.5) is 13.2 Å². The first-order chi connectivity index (χ1) is 15.2. The fraction of sp³-hybridized carbons (Fsp3) is 0.524. The number of rotatable bonds is 7. The van der Waals surface area contributed by atoms with Gasteiger partial charge < -0.3 is 19.3 Å². The van der Waals surface area contributed by atoms with Gasteiger partial charge in [-0.15, -0.1) is 13.2 Å². The van der Waals surface area contributed by atoms with Crippen molar-refractivity contribution in [2.45, 2.75) is 56.4 Å². The summed E-state index contributed by atoms with van der Waals surface area (Å²) in [6.07, 6.45) is -4.64. The number of ether oxygens (including phenoxy) is 3. The molecule has 1 aromatic carbocycles. The highest BCUT2D eigenvalue weighted by Crippen LogP contribution is 2.33. The van der Waals surface area contributed by atoms with Gasteiger partial charge in [0.05, 0.1) is 24.9 Å². The molecular formula is C21H22ClF3N2O5. The van der Waals surface area contributed by atoms with E-state index < -0.39 is 18.6 Å². The zero-order chi connectivity index (χ0) is 22.7. The highest BCUT2D eigenvalue weighted by Gasteiger charge is 2.40. The third kappa shape index (κ3) is 6.22. The van der Waals surface area contributed by atoms with Crippen LogP contribution in [0, 0.1) is 0 Å². The van der Waals surface area contributed by atoms with Crippen LogP contribution < -0.4 is 5.32 Å². The van der Waals surface area contributed by atoms with Gasteiger partial charge in [0.15, 0.2) is 5.76 Å². The smallest absolute Gasteiger partial charge is 0.368 e. The Hall–Kier alpha value is -2.14. The van der Waals surface area contributed by atoms with Crippen LogP contribution >= 0.6 is 11.6 Å². The van der Waals surface area contributed by atoms with E-state index in [4.69, 9.17) is 25.6 Å². The van der Waals surface area contributed by atoms with Crippen molar-refractivity contribution in [3.63, 3.8) is 0 Å². The summed E-state index contributed by atoms with van der Waals surface area (Å²) < 4.78 is 56.8. The Morgan fingerprint density at radius 2 is 1.94 bits per heavy atom. The molecular weight excluding hydrogens is 453 g/mol. The number of aromatic nitrogens is 1. The van der Waals surface area contributed by atoms with Gasteiger partial charge in [-0.1, -0.05) is 28.9 Å². The summed E-state index contributed by atoms with van der Waals surface area (Å²) in [6.45, 7) is 0.0915. The van der Waals surface area contributed by atoms with Crippen molar-refractivity contribution in [2.75, 3.05) is 13.2 Å². The van der Waals surface area contributed by atoms with Crippen LogP contribution in [-0.4, -0.2) is 48.9 Å². The van der Waals surface area contributed by atoms with Crippen molar-refractivity contribution < 1.29 is 36.7 Å². The average Bonchev–Trinajstić information content (AvgIpc) is 3.20. The van der Waals surface area contributed by atoms with Gasteiger partial charge in [0.2, 0.25) is 5.91 Å². The fourth-order valence-corrected chi connectivity index (χ4v) is 3.82. The van der Waals surface area contributed by atoms with Gasteiger partial charge in [-0.2, -0.15) is 0 Å². The lowest BCUT2D eigenvalue weighted by Gasteiger charge is -2.35. The van der Waals surface area contributed by atoms with Crippen LogP contribution in [0.3, 0.4) is 0 Å². The maximum atomic E-state index is 12.1. The fourth-order valence-electron chi connectivity index (χ4n) is 3.69. The Bertz CT molecular complexity index is 907. The summed E-state index contributed by atoms with van der Waals surface area (Å²) in [7, 11) is 0. The molecule has 7 nitrogen and oxygen atoms in total. The SMILES string of the molecule is O=C(COC1CC(OC(F)(F)F)C1)N[C@@H]1CC[C@@H](c2cc(-c3ccc(Cl)cc3)no2)OC1. The number of hydrogen-bond acceptors (Lipinski definition) is 6. The van der Waals surface area contributed by atoms with E-state index in [1.165, 1.54) is 0 Å². The highest BCUT2D eigenvalue weighted by atomic mass is 35.5. The van der Waals surface area contributed by atoms with E-state index in [1.54, 1.807) is 12.1 Å². The monoisotopic (exact) mass is 474 g/mol. The number of nitrogens with one attached hydrogen (secondary N) is 1. The van der Waals surface area contributed by atoms with Gasteiger partial charge >= 0.3 is 6.36 Å². The molecule has 1 saturated heterocycles. The van der Waals surface area contributed by atoms with Crippen LogP contribution in [0.2, 0.25) is 5.02 Å². The molecule has 2 aromatic rings. The molecule has 1 saturated carbocycles. The number of nitrogens with zero attached hydrogens (tertiary/aromatic N) is 1. The molecule has 1 amide bonds. The Morgan fingerprint density at radius 1 is 1.19 bits per heavy atom. The van der Waals surface area contributed by atoms with Gasteiger partial charge in [-0.05, 0) is 25.0 Å². The van der Waals surface area contributed by atoms with Crippen molar-refractivity contribution in [1.82, 2.24) is 10.5 Å². The number of hydrogen-bond donors (Lipinski definition) is 1. The van der Waals surface area contributed by atoms with Gasteiger partial charge in [0.25, 0.3) is 0 Å². The molecule has 2 aliphatic rings. The molecule has 174 valence electrons. The maximum absolute atomic E-state index is 12.1. The first-order valence-electron chi connectivity index (χ1n) is 10.2. The molecule has 1 N–H and O–H groups in total. The van der Waals surface area contributed by atoms with Crippen LogP contribution in [-0.2, 0) is 19.0 Å². The number of amides is 1. The molecule has 1 aliphatic carbocycles. The first kappa shape index (κ1) is 23.0. The van der Waals surface area contributed by atoms with Crippen LogP contribution in [0.15, 0.2) is 34.9 Å². The van der Waals surface area contributed by atoms with Crippen molar-refractivity contribution in [3.8, 4) is 11.3 Å². The Balaban J connectivity index is 1.16. The minimum atomic E-state index is -4.64. The first-order valence-corrected chi connectivity index (χ1v) is 10.6. The van der Waals surface area contributed by atoms with Crippen molar-refractivity contribution in [2.24, 2.45) is 0 Å². The summed E-state index contributed by atoms with van der Waals surface area (Å²) in [5, 5.41) is 7.54. The number of benzene rings is 1. The molecule has 11 heteroatoms. The van der Waals surface area contributed by atoms with Crippen molar-refractivity contribution in [3.05, 3.63) is 41.1 Å². The minimum Gasteiger partial charge on any atom is -0.368 e. The molecule has 32 heavy (non-hydrogen) atoms. The molecule has 0 radical (unpaired) electrons. The summed E-state index contributed by atoms with van der Waals surface area (Å²) in [5.41, 5.74) is 1.57. The zero-order valence-corrected chi connectivity index (χ0v) is 17.7. The lowest BCUT2D eigenvalue weighted by molar-refractivity contribution is -0.357. The Labute approximate surface area is 187 Å². The van der Waals surface area contributed by atoms with Gasteiger partial charge in [0, 0.05) is 29.5 Å². The van der Waals surface area contributed by atoms with Gasteiger partial charge in [0.1, 0.15) is 18.4 Å². The molecule has 1 aliphatic heterocycles. The minimum absolute atomic E-state index is 0.121. The second-order valence-corrected chi connectivity index (χ2v) is 8.31. The third-order valence-electron chi connectivity index (χ3n) is 5.43. The number of alkyl halides is 3. The standard InChI is InChI=1S/C21H22ClF3N2O5/c22-13-3-1-12(2-4-13)17-9-19(32-27-17)18-6-5-14(10-30-18)26-20(28)11-29-15-7-16(8-15)31-21(23,24)25/h1-4,9,14-16,18H,5-8,10-11H2,(H,26,28)/t14-,15?,16?,18+/m1/s1. The van der Waals surface area contributed by atoms with Crippen LogP contribution in [0.1, 0.15) is 37.5 Å². The normalized spacial score (nSPS) is 25.9. The van der Waals surface area contributed by atoms with E-state index in [0.29, 0.717) is 35.9 Å². The predicted octanol–water partition coefficient (Wildman–Crippen LogP) is 4.42. The zero-order valence-electron chi connectivity index (χ0n) is 16.9.